The molecule has 0 amide bonds. The van der Waals surface area contributed by atoms with Gasteiger partial charge in [0.25, 0.3) is 0 Å². The van der Waals surface area contributed by atoms with Crippen LogP contribution in [0.15, 0.2) is 30.6 Å². The Morgan fingerprint density at radius 1 is 1.39 bits per heavy atom. The van der Waals surface area contributed by atoms with E-state index in [0.29, 0.717) is 6.54 Å². The zero-order chi connectivity index (χ0) is 13.1. The van der Waals surface area contributed by atoms with E-state index in [0.717, 1.165) is 24.6 Å². The average Bonchev–Trinajstić information content (AvgIpc) is 2.80. The summed E-state index contributed by atoms with van der Waals surface area (Å²) in [6.07, 6.45) is 3.94. The molecule has 1 aromatic carbocycles. The van der Waals surface area contributed by atoms with Crippen LogP contribution in [0.4, 0.5) is 8.78 Å². The third-order valence-corrected chi connectivity index (χ3v) is 2.56. The number of carbonyl (C=O) groups is 1. The second-order valence-electron chi connectivity index (χ2n) is 3.90. The number of benzene rings is 1. The highest BCUT2D eigenvalue weighted by atomic mass is 19.1. The van der Waals surface area contributed by atoms with Crippen LogP contribution in [0.1, 0.15) is 29.5 Å². The number of halogens is 2. The minimum atomic E-state index is -0.743. The minimum Gasteiger partial charge on any atom is -0.328 e. The van der Waals surface area contributed by atoms with Crippen molar-refractivity contribution in [3.8, 4) is 0 Å². The number of aromatic nitrogens is 2. The summed E-state index contributed by atoms with van der Waals surface area (Å²) in [4.78, 5) is 16.0. The highest BCUT2D eigenvalue weighted by molar-refractivity contribution is 6.06. The summed E-state index contributed by atoms with van der Waals surface area (Å²) in [6.45, 7) is 2.56. The second kappa shape index (κ2) is 5.08. The zero-order valence-corrected chi connectivity index (χ0v) is 9.86. The summed E-state index contributed by atoms with van der Waals surface area (Å²) in [5, 5.41) is 0. The van der Waals surface area contributed by atoms with E-state index in [9.17, 15) is 13.6 Å². The molecular formula is C13H12F2N2O. The number of hydrogen-bond donors (Lipinski definition) is 0. The van der Waals surface area contributed by atoms with Crippen molar-refractivity contribution in [1.82, 2.24) is 9.55 Å². The van der Waals surface area contributed by atoms with Gasteiger partial charge in [-0.15, -0.1) is 0 Å². The Morgan fingerprint density at radius 2 is 2.17 bits per heavy atom. The molecule has 18 heavy (non-hydrogen) atoms. The van der Waals surface area contributed by atoms with E-state index < -0.39 is 17.4 Å². The Labute approximate surface area is 103 Å². The molecule has 3 nitrogen and oxygen atoms in total. The van der Waals surface area contributed by atoms with Gasteiger partial charge in [0.2, 0.25) is 5.78 Å². The van der Waals surface area contributed by atoms with Crippen LogP contribution in [0.25, 0.3) is 0 Å². The van der Waals surface area contributed by atoms with Crippen LogP contribution in [-0.4, -0.2) is 15.3 Å². The van der Waals surface area contributed by atoms with E-state index in [4.69, 9.17) is 0 Å². The molecule has 2 rings (SSSR count). The second-order valence-corrected chi connectivity index (χ2v) is 3.90. The van der Waals surface area contributed by atoms with Crippen molar-refractivity contribution >= 4 is 5.78 Å². The highest BCUT2D eigenvalue weighted by Gasteiger charge is 2.19. The molecule has 0 unspecified atom stereocenters. The fourth-order valence-corrected chi connectivity index (χ4v) is 1.73. The first-order valence-corrected chi connectivity index (χ1v) is 5.64. The molecule has 1 heterocycles. The number of imidazole rings is 1. The van der Waals surface area contributed by atoms with Crippen molar-refractivity contribution in [3.63, 3.8) is 0 Å². The first-order valence-electron chi connectivity index (χ1n) is 5.64. The Hall–Kier alpha value is -2.04. The van der Waals surface area contributed by atoms with Crippen LogP contribution in [0.3, 0.4) is 0 Å². The lowest BCUT2D eigenvalue weighted by Gasteiger charge is -2.06. The molecular weight excluding hydrogens is 238 g/mol. The van der Waals surface area contributed by atoms with Gasteiger partial charge >= 0.3 is 0 Å². The Bertz CT molecular complexity index is 578. The van der Waals surface area contributed by atoms with Crippen molar-refractivity contribution in [2.45, 2.75) is 19.9 Å². The summed E-state index contributed by atoms with van der Waals surface area (Å²) in [6, 6.07) is 2.81. The molecule has 0 N–H and O–H groups in total. The predicted molar refractivity (Wildman–Crippen MR) is 62.3 cm³/mol. The van der Waals surface area contributed by atoms with Crippen molar-refractivity contribution in [2.75, 3.05) is 0 Å². The fraction of sp³-hybridized carbons (Fsp3) is 0.231. The molecule has 0 radical (unpaired) electrons. The fourth-order valence-electron chi connectivity index (χ4n) is 1.73. The quantitative estimate of drug-likeness (QED) is 0.782. The normalized spacial score (nSPS) is 10.6. The van der Waals surface area contributed by atoms with Crippen molar-refractivity contribution in [3.05, 3.63) is 53.6 Å². The molecule has 0 aliphatic heterocycles. The van der Waals surface area contributed by atoms with Crippen LogP contribution in [0.5, 0.6) is 0 Å². The van der Waals surface area contributed by atoms with Gasteiger partial charge in [-0.25, -0.2) is 13.8 Å². The summed E-state index contributed by atoms with van der Waals surface area (Å²) < 4.78 is 28.2. The topological polar surface area (TPSA) is 34.9 Å². The Morgan fingerprint density at radius 3 is 2.89 bits per heavy atom. The van der Waals surface area contributed by atoms with E-state index >= 15 is 0 Å². The largest absolute Gasteiger partial charge is 0.328 e. The van der Waals surface area contributed by atoms with E-state index in [1.165, 1.54) is 6.20 Å². The molecule has 0 atom stereocenters. The van der Waals surface area contributed by atoms with Crippen LogP contribution in [-0.2, 0) is 6.54 Å². The number of carbonyl (C=O) groups excluding carboxylic acids is 1. The van der Waals surface area contributed by atoms with Gasteiger partial charge in [0.05, 0.1) is 5.56 Å². The van der Waals surface area contributed by atoms with Gasteiger partial charge in [0.15, 0.2) is 5.82 Å². The molecule has 2 aromatic rings. The summed E-state index contributed by atoms with van der Waals surface area (Å²) in [5.41, 5.74) is -0.293. The van der Waals surface area contributed by atoms with Gasteiger partial charge in [-0.2, -0.15) is 0 Å². The monoisotopic (exact) mass is 250 g/mol. The van der Waals surface area contributed by atoms with Gasteiger partial charge in [-0.1, -0.05) is 6.92 Å². The lowest BCUT2D eigenvalue weighted by atomic mass is 10.1. The molecule has 0 aliphatic carbocycles. The summed E-state index contributed by atoms with van der Waals surface area (Å²) in [7, 11) is 0. The van der Waals surface area contributed by atoms with Crippen LogP contribution in [0.2, 0.25) is 0 Å². The van der Waals surface area contributed by atoms with Gasteiger partial charge in [-0.3, -0.25) is 4.79 Å². The van der Waals surface area contributed by atoms with Gasteiger partial charge in [-0.05, 0) is 24.6 Å². The molecule has 1 aromatic heterocycles. The number of rotatable bonds is 4. The third-order valence-electron chi connectivity index (χ3n) is 2.56. The maximum Gasteiger partial charge on any atom is 0.231 e. The molecule has 0 fully saturated rings. The molecule has 0 saturated carbocycles. The number of aryl methyl sites for hydroxylation is 1. The molecule has 0 bridgehead atoms. The van der Waals surface area contributed by atoms with E-state index in [1.807, 2.05) is 6.92 Å². The Balaban J connectivity index is 2.41. The van der Waals surface area contributed by atoms with E-state index in [1.54, 1.807) is 10.8 Å². The standard InChI is InChI=1S/C13H12F2N2O/c1-2-6-17-7-5-16-13(17)12(18)10-8-9(14)3-4-11(10)15/h3-5,7-8H,2,6H2,1H3. The van der Waals surface area contributed by atoms with Crippen molar-refractivity contribution in [2.24, 2.45) is 0 Å². The smallest absolute Gasteiger partial charge is 0.231 e. The molecule has 5 heteroatoms. The number of hydrogen-bond acceptors (Lipinski definition) is 2. The van der Waals surface area contributed by atoms with E-state index in [-0.39, 0.29) is 11.4 Å². The lowest BCUT2D eigenvalue weighted by Crippen LogP contribution is -2.13. The lowest BCUT2D eigenvalue weighted by molar-refractivity contribution is 0.102. The molecule has 0 saturated heterocycles. The Kier molecular flexibility index (Phi) is 3.50. The number of nitrogens with zero attached hydrogens (tertiary/aromatic N) is 2. The SMILES string of the molecule is CCCn1ccnc1C(=O)c1cc(F)ccc1F. The minimum absolute atomic E-state index is 0.126. The van der Waals surface area contributed by atoms with Gasteiger partial charge in [0, 0.05) is 18.9 Å². The maximum atomic E-state index is 13.5. The maximum absolute atomic E-state index is 13.5. The molecule has 0 aliphatic rings. The van der Waals surface area contributed by atoms with E-state index in [2.05, 4.69) is 4.98 Å². The first-order chi connectivity index (χ1) is 8.63. The predicted octanol–water partition coefficient (Wildman–Crippen LogP) is 2.80. The van der Waals surface area contributed by atoms with Crippen LogP contribution in [0, 0.1) is 11.6 Å². The van der Waals surface area contributed by atoms with Crippen molar-refractivity contribution in [1.29, 1.82) is 0 Å². The van der Waals surface area contributed by atoms with Crippen molar-refractivity contribution < 1.29 is 13.6 Å². The molecule has 0 spiro atoms. The van der Waals surface area contributed by atoms with Gasteiger partial charge in [0.1, 0.15) is 11.6 Å². The third kappa shape index (κ3) is 2.30. The summed E-state index contributed by atoms with van der Waals surface area (Å²) in [5.74, 6) is -1.87. The van der Waals surface area contributed by atoms with Crippen LogP contribution < -0.4 is 0 Å². The first kappa shape index (κ1) is 12.4. The average molecular weight is 250 g/mol. The molecule has 94 valence electrons. The summed E-state index contributed by atoms with van der Waals surface area (Å²) >= 11 is 0. The van der Waals surface area contributed by atoms with Crippen LogP contribution >= 0.6 is 0 Å². The number of ketones is 1. The zero-order valence-electron chi connectivity index (χ0n) is 9.86. The highest BCUT2D eigenvalue weighted by Crippen LogP contribution is 2.14. The van der Waals surface area contributed by atoms with Gasteiger partial charge < -0.3 is 4.57 Å².